The van der Waals surface area contributed by atoms with Crippen LogP contribution in [0.25, 0.3) is 0 Å². The van der Waals surface area contributed by atoms with Crippen LogP contribution in [0, 0.1) is 0 Å². The zero-order chi connectivity index (χ0) is 17.1. The van der Waals surface area contributed by atoms with Crippen LogP contribution in [0.5, 0.6) is 0 Å². The maximum Gasteiger partial charge on any atom is 0.317 e. The van der Waals surface area contributed by atoms with Gasteiger partial charge in [-0.3, -0.25) is 9.97 Å². The van der Waals surface area contributed by atoms with Gasteiger partial charge in [0.2, 0.25) is 0 Å². The summed E-state index contributed by atoms with van der Waals surface area (Å²) in [6.07, 6.45) is 6.70. The number of carbonyl (C=O) groups is 1. The summed E-state index contributed by atoms with van der Waals surface area (Å²) in [6.45, 7) is 0.433. The number of hydrogen-bond acceptors (Lipinski definition) is 3. The smallest absolute Gasteiger partial charge is 0.317 e. The number of rotatable bonds is 4. The highest BCUT2D eigenvalue weighted by Crippen LogP contribution is 2.38. The lowest BCUT2D eigenvalue weighted by Crippen LogP contribution is -2.48. The fourth-order valence-corrected chi connectivity index (χ4v) is 3.09. The molecule has 5 nitrogen and oxygen atoms in total. The standard InChI is InChI=1S/C17H18Cl2N4O/c1-23(10-14-9-20-4-5-21-14)17(24)22-13-6-12(7-13)11-2-3-15(18)16(19)8-11/h2-5,8-9,12-13H,6-7,10H2,1H3,(H,22,24). The molecular weight excluding hydrogens is 347 g/mol. The molecule has 1 aromatic heterocycles. The Bertz CT molecular complexity index is 720. The molecule has 0 radical (unpaired) electrons. The number of carbonyl (C=O) groups excluding carboxylic acids is 1. The average Bonchev–Trinajstić information content (AvgIpc) is 2.54. The van der Waals surface area contributed by atoms with Gasteiger partial charge >= 0.3 is 6.03 Å². The molecular formula is C17H18Cl2N4O. The van der Waals surface area contributed by atoms with Crippen LogP contribution in [0.3, 0.4) is 0 Å². The highest BCUT2D eigenvalue weighted by molar-refractivity contribution is 6.42. The first-order valence-corrected chi connectivity index (χ1v) is 8.50. The Morgan fingerprint density at radius 2 is 2.08 bits per heavy atom. The molecule has 0 aliphatic heterocycles. The second-order valence-electron chi connectivity index (χ2n) is 6.04. The third-order valence-corrected chi connectivity index (χ3v) is 4.98. The van der Waals surface area contributed by atoms with Crippen molar-refractivity contribution in [1.29, 1.82) is 0 Å². The monoisotopic (exact) mass is 364 g/mol. The van der Waals surface area contributed by atoms with Crippen molar-refractivity contribution < 1.29 is 4.79 Å². The van der Waals surface area contributed by atoms with Crippen molar-refractivity contribution >= 4 is 29.2 Å². The number of amides is 2. The predicted molar refractivity (Wildman–Crippen MR) is 94.3 cm³/mol. The minimum Gasteiger partial charge on any atom is -0.335 e. The molecule has 7 heteroatoms. The summed E-state index contributed by atoms with van der Waals surface area (Å²) in [5.74, 6) is 0.412. The lowest BCUT2D eigenvalue weighted by molar-refractivity contribution is 0.190. The Hall–Kier alpha value is -1.85. The molecule has 1 aliphatic carbocycles. The molecule has 2 aromatic rings. The molecule has 1 aliphatic rings. The van der Waals surface area contributed by atoms with Crippen molar-refractivity contribution in [1.82, 2.24) is 20.2 Å². The number of benzene rings is 1. The Balaban J connectivity index is 1.48. The summed E-state index contributed by atoms with van der Waals surface area (Å²) in [5.41, 5.74) is 1.93. The SMILES string of the molecule is CN(Cc1cnccn1)C(=O)NC1CC(c2ccc(Cl)c(Cl)c2)C1. The molecule has 0 spiro atoms. The van der Waals surface area contributed by atoms with E-state index in [9.17, 15) is 4.79 Å². The molecule has 24 heavy (non-hydrogen) atoms. The van der Waals surface area contributed by atoms with Crippen LogP contribution < -0.4 is 5.32 Å². The maximum absolute atomic E-state index is 12.2. The van der Waals surface area contributed by atoms with E-state index in [2.05, 4.69) is 15.3 Å². The van der Waals surface area contributed by atoms with Crippen LogP contribution in [0.4, 0.5) is 4.79 Å². The summed E-state index contributed by atoms with van der Waals surface area (Å²) in [5, 5.41) is 4.18. The van der Waals surface area contributed by atoms with Crippen LogP contribution in [-0.4, -0.2) is 34.0 Å². The molecule has 1 fully saturated rings. The molecule has 0 unspecified atom stereocenters. The van der Waals surface area contributed by atoms with E-state index in [1.54, 1.807) is 30.5 Å². The van der Waals surface area contributed by atoms with Crippen LogP contribution in [0.2, 0.25) is 10.0 Å². The molecule has 1 aromatic carbocycles. The third kappa shape index (κ3) is 3.97. The van der Waals surface area contributed by atoms with Gasteiger partial charge in [0.05, 0.1) is 28.5 Å². The molecule has 0 bridgehead atoms. The van der Waals surface area contributed by atoms with Gasteiger partial charge in [0, 0.05) is 25.5 Å². The van der Waals surface area contributed by atoms with Gasteiger partial charge in [-0.15, -0.1) is 0 Å². The normalized spacial score (nSPS) is 19.5. The highest BCUT2D eigenvalue weighted by Gasteiger charge is 2.32. The van der Waals surface area contributed by atoms with E-state index in [1.807, 2.05) is 18.2 Å². The van der Waals surface area contributed by atoms with Crippen molar-refractivity contribution in [2.75, 3.05) is 7.05 Å². The van der Waals surface area contributed by atoms with Crippen LogP contribution in [-0.2, 0) is 6.54 Å². The molecule has 3 rings (SSSR count). The van der Waals surface area contributed by atoms with Gasteiger partial charge in [0.1, 0.15) is 0 Å². The highest BCUT2D eigenvalue weighted by atomic mass is 35.5. The van der Waals surface area contributed by atoms with E-state index in [0.29, 0.717) is 22.5 Å². The zero-order valence-corrected chi connectivity index (χ0v) is 14.8. The number of halogens is 2. The largest absolute Gasteiger partial charge is 0.335 e. The van der Waals surface area contributed by atoms with Gasteiger partial charge in [-0.2, -0.15) is 0 Å². The molecule has 2 amide bonds. The molecule has 1 N–H and O–H groups in total. The van der Waals surface area contributed by atoms with Crippen molar-refractivity contribution in [2.24, 2.45) is 0 Å². The van der Waals surface area contributed by atoms with E-state index >= 15 is 0 Å². The van der Waals surface area contributed by atoms with Gasteiger partial charge < -0.3 is 10.2 Å². The quantitative estimate of drug-likeness (QED) is 0.895. The molecule has 0 atom stereocenters. The number of hydrogen-bond donors (Lipinski definition) is 1. The first-order chi connectivity index (χ1) is 11.5. The van der Waals surface area contributed by atoms with Gasteiger partial charge in [0.15, 0.2) is 0 Å². The van der Waals surface area contributed by atoms with E-state index in [0.717, 1.165) is 18.5 Å². The van der Waals surface area contributed by atoms with Gasteiger partial charge in [-0.25, -0.2) is 4.79 Å². The second kappa shape index (κ2) is 7.36. The van der Waals surface area contributed by atoms with E-state index in [4.69, 9.17) is 23.2 Å². The molecule has 1 saturated carbocycles. The summed E-state index contributed by atoms with van der Waals surface area (Å²) in [4.78, 5) is 22.0. The average molecular weight is 365 g/mol. The minimum absolute atomic E-state index is 0.0989. The fourth-order valence-electron chi connectivity index (χ4n) is 2.79. The topological polar surface area (TPSA) is 58.1 Å². The molecule has 0 saturated heterocycles. The van der Waals surface area contributed by atoms with Crippen molar-refractivity contribution in [3.05, 3.63) is 58.1 Å². The number of nitrogens with one attached hydrogen (secondary N) is 1. The zero-order valence-electron chi connectivity index (χ0n) is 13.2. The number of urea groups is 1. The predicted octanol–water partition coefficient (Wildman–Crippen LogP) is 3.87. The Morgan fingerprint density at radius 1 is 1.29 bits per heavy atom. The molecule has 1 heterocycles. The maximum atomic E-state index is 12.2. The first-order valence-electron chi connectivity index (χ1n) is 7.74. The van der Waals surface area contributed by atoms with Gasteiger partial charge in [0.25, 0.3) is 0 Å². The van der Waals surface area contributed by atoms with Crippen molar-refractivity contribution in [3.63, 3.8) is 0 Å². The number of aromatic nitrogens is 2. The van der Waals surface area contributed by atoms with Crippen LogP contribution in [0.15, 0.2) is 36.8 Å². The lowest BCUT2D eigenvalue weighted by atomic mass is 9.76. The summed E-state index contributed by atoms with van der Waals surface area (Å²) < 4.78 is 0. The van der Waals surface area contributed by atoms with E-state index in [-0.39, 0.29) is 12.1 Å². The summed E-state index contributed by atoms with van der Waals surface area (Å²) in [7, 11) is 1.75. The van der Waals surface area contributed by atoms with E-state index < -0.39 is 0 Å². The number of nitrogens with zero attached hydrogens (tertiary/aromatic N) is 3. The summed E-state index contributed by atoms with van der Waals surface area (Å²) >= 11 is 12.0. The van der Waals surface area contributed by atoms with Crippen LogP contribution in [0.1, 0.15) is 30.0 Å². The van der Waals surface area contributed by atoms with Crippen molar-refractivity contribution in [2.45, 2.75) is 31.3 Å². The first kappa shape index (κ1) is 17.0. The van der Waals surface area contributed by atoms with Gasteiger partial charge in [-0.1, -0.05) is 29.3 Å². The third-order valence-electron chi connectivity index (χ3n) is 4.24. The lowest BCUT2D eigenvalue weighted by Gasteiger charge is -2.37. The van der Waals surface area contributed by atoms with Crippen molar-refractivity contribution in [3.8, 4) is 0 Å². The van der Waals surface area contributed by atoms with Gasteiger partial charge in [-0.05, 0) is 36.5 Å². The second-order valence-corrected chi connectivity index (χ2v) is 6.86. The van der Waals surface area contributed by atoms with E-state index in [1.165, 1.54) is 5.56 Å². The minimum atomic E-state index is -0.0989. The summed E-state index contributed by atoms with van der Waals surface area (Å²) in [6, 6.07) is 5.81. The fraction of sp³-hybridized carbons (Fsp3) is 0.353. The Morgan fingerprint density at radius 3 is 2.75 bits per heavy atom. The Kier molecular flexibility index (Phi) is 5.21. The van der Waals surface area contributed by atoms with Crippen LogP contribution >= 0.6 is 23.2 Å². The Labute approximate surface area is 151 Å². The molecule has 126 valence electrons.